The lowest BCUT2D eigenvalue weighted by atomic mass is 10.1. The van der Waals surface area contributed by atoms with Crippen molar-refractivity contribution in [2.75, 3.05) is 5.32 Å². The predicted octanol–water partition coefficient (Wildman–Crippen LogP) is 2.35. The minimum absolute atomic E-state index is 0.251. The average molecular weight is 202 g/mol. The van der Waals surface area contributed by atoms with Crippen molar-refractivity contribution in [3.63, 3.8) is 0 Å². The summed E-state index contributed by atoms with van der Waals surface area (Å²) >= 11 is 0. The molecule has 1 atom stereocenters. The van der Waals surface area contributed by atoms with Crippen molar-refractivity contribution in [3.8, 4) is 6.07 Å². The molecule has 1 N–H and O–H groups in total. The lowest BCUT2D eigenvalue weighted by molar-refractivity contribution is -0.117. The minimum Gasteiger partial charge on any atom is -0.325 e. The summed E-state index contributed by atoms with van der Waals surface area (Å²) < 4.78 is 0. The fraction of sp³-hybridized carbons (Fsp3) is 0.333. The van der Waals surface area contributed by atoms with Crippen molar-refractivity contribution in [3.05, 3.63) is 29.8 Å². The first kappa shape index (κ1) is 11.3. The van der Waals surface area contributed by atoms with Gasteiger partial charge in [0, 0.05) is 5.69 Å². The molecule has 15 heavy (non-hydrogen) atoms. The van der Waals surface area contributed by atoms with E-state index in [-0.39, 0.29) is 5.91 Å². The fourth-order valence-corrected chi connectivity index (χ4v) is 1.25. The van der Waals surface area contributed by atoms with Crippen molar-refractivity contribution in [1.29, 1.82) is 5.26 Å². The van der Waals surface area contributed by atoms with E-state index in [1.54, 1.807) is 6.92 Å². The van der Waals surface area contributed by atoms with Crippen LogP contribution in [-0.4, -0.2) is 5.91 Å². The summed E-state index contributed by atoms with van der Waals surface area (Å²) in [5, 5.41) is 11.3. The number of carbonyl (C=O) groups is 1. The van der Waals surface area contributed by atoms with E-state index in [0.717, 1.165) is 17.7 Å². The second-order valence-corrected chi connectivity index (χ2v) is 3.35. The maximum atomic E-state index is 11.5. The lowest BCUT2D eigenvalue weighted by Gasteiger charge is -2.10. The van der Waals surface area contributed by atoms with E-state index in [1.165, 1.54) is 0 Å². The number of nitrogens with one attached hydrogen (secondary N) is 1. The SMILES string of the molecule is CCc1ccccc1NC(=O)C(C)C#N. The Morgan fingerprint density at radius 3 is 2.80 bits per heavy atom. The third-order valence-electron chi connectivity index (χ3n) is 2.24. The quantitative estimate of drug-likeness (QED) is 0.817. The van der Waals surface area contributed by atoms with Gasteiger partial charge < -0.3 is 5.32 Å². The van der Waals surface area contributed by atoms with E-state index in [9.17, 15) is 4.79 Å². The molecule has 0 fully saturated rings. The molecule has 0 saturated heterocycles. The van der Waals surface area contributed by atoms with Crippen molar-refractivity contribution < 1.29 is 4.79 Å². The highest BCUT2D eigenvalue weighted by molar-refractivity contribution is 5.94. The number of hydrogen-bond donors (Lipinski definition) is 1. The van der Waals surface area contributed by atoms with Gasteiger partial charge in [-0.1, -0.05) is 25.1 Å². The smallest absolute Gasteiger partial charge is 0.241 e. The number of amides is 1. The fourth-order valence-electron chi connectivity index (χ4n) is 1.25. The summed E-state index contributed by atoms with van der Waals surface area (Å²) in [6, 6.07) is 9.52. The number of aryl methyl sites for hydroxylation is 1. The average Bonchev–Trinajstić information content (AvgIpc) is 2.28. The molecule has 0 bridgehead atoms. The molecule has 0 spiro atoms. The molecule has 1 amide bonds. The molecular formula is C12H14N2O. The van der Waals surface area contributed by atoms with Crippen molar-refractivity contribution >= 4 is 11.6 Å². The summed E-state index contributed by atoms with van der Waals surface area (Å²) in [5.41, 5.74) is 1.88. The van der Waals surface area contributed by atoms with Gasteiger partial charge in [0.1, 0.15) is 5.92 Å². The van der Waals surface area contributed by atoms with Crippen LogP contribution in [0.2, 0.25) is 0 Å². The Labute approximate surface area is 89.7 Å². The summed E-state index contributed by atoms with van der Waals surface area (Å²) in [6.45, 7) is 3.61. The van der Waals surface area contributed by atoms with Gasteiger partial charge in [-0.15, -0.1) is 0 Å². The van der Waals surface area contributed by atoms with Gasteiger partial charge in [-0.2, -0.15) is 5.26 Å². The number of anilines is 1. The van der Waals surface area contributed by atoms with Crippen LogP contribution in [0.3, 0.4) is 0 Å². The molecule has 1 unspecified atom stereocenters. The molecule has 0 aliphatic rings. The van der Waals surface area contributed by atoms with Crippen LogP contribution >= 0.6 is 0 Å². The number of benzene rings is 1. The highest BCUT2D eigenvalue weighted by Crippen LogP contribution is 2.16. The van der Waals surface area contributed by atoms with Crippen molar-refractivity contribution in [2.24, 2.45) is 5.92 Å². The van der Waals surface area contributed by atoms with Gasteiger partial charge >= 0.3 is 0 Å². The van der Waals surface area contributed by atoms with E-state index in [1.807, 2.05) is 37.3 Å². The van der Waals surface area contributed by atoms with Gasteiger partial charge in [-0.3, -0.25) is 4.79 Å². The van der Waals surface area contributed by atoms with Gasteiger partial charge in [0.25, 0.3) is 0 Å². The normalized spacial score (nSPS) is 11.5. The summed E-state index contributed by atoms with van der Waals surface area (Å²) in [6.07, 6.45) is 0.859. The van der Waals surface area contributed by atoms with Crippen LogP contribution in [-0.2, 0) is 11.2 Å². The summed E-state index contributed by atoms with van der Waals surface area (Å²) in [7, 11) is 0. The highest BCUT2D eigenvalue weighted by Gasteiger charge is 2.12. The number of hydrogen-bond acceptors (Lipinski definition) is 2. The van der Waals surface area contributed by atoms with Crippen molar-refractivity contribution in [1.82, 2.24) is 0 Å². The Hall–Kier alpha value is -1.82. The van der Waals surface area contributed by atoms with E-state index in [0.29, 0.717) is 0 Å². The molecule has 0 radical (unpaired) electrons. The number of rotatable bonds is 3. The lowest BCUT2D eigenvalue weighted by Crippen LogP contribution is -2.19. The van der Waals surface area contributed by atoms with Crippen molar-refractivity contribution in [2.45, 2.75) is 20.3 Å². The standard InChI is InChI=1S/C12H14N2O/c1-3-10-6-4-5-7-11(10)14-12(15)9(2)8-13/h4-7,9H,3H2,1-2H3,(H,14,15). The van der Waals surface area contributed by atoms with E-state index < -0.39 is 5.92 Å². The highest BCUT2D eigenvalue weighted by atomic mass is 16.1. The molecule has 1 aromatic carbocycles. The van der Waals surface area contributed by atoms with Crippen LogP contribution in [0.25, 0.3) is 0 Å². The van der Waals surface area contributed by atoms with Crippen LogP contribution in [0.4, 0.5) is 5.69 Å². The van der Waals surface area contributed by atoms with Crippen LogP contribution in [0.5, 0.6) is 0 Å². The van der Waals surface area contributed by atoms with Crippen LogP contribution < -0.4 is 5.32 Å². The molecule has 0 saturated carbocycles. The first-order valence-electron chi connectivity index (χ1n) is 4.97. The van der Waals surface area contributed by atoms with Crippen LogP contribution in [0.1, 0.15) is 19.4 Å². The molecule has 0 aliphatic heterocycles. The second-order valence-electron chi connectivity index (χ2n) is 3.35. The number of nitrogens with zero attached hydrogens (tertiary/aromatic N) is 1. The summed E-state index contributed by atoms with van der Waals surface area (Å²) in [4.78, 5) is 11.5. The maximum Gasteiger partial charge on any atom is 0.241 e. The predicted molar refractivity (Wildman–Crippen MR) is 59.2 cm³/mol. The first-order valence-corrected chi connectivity index (χ1v) is 4.97. The third kappa shape index (κ3) is 2.81. The Morgan fingerprint density at radius 1 is 1.53 bits per heavy atom. The zero-order valence-electron chi connectivity index (χ0n) is 8.95. The first-order chi connectivity index (χ1) is 7.19. The van der Waals surface area contributed by atoms with E-state index in [4.69, 9.17) is 5.26 Å². The molecule has 0 heterocycles. The van der Waals surface area contributed by atoms with Crippen LogP contribution in [0, 0.1) is 17.2 Å². The van der Waals surface area contributed by atoms with Gasteiger partial charge in [-0.05, 0) is 25.0 Å². The molecule has 0 aliphatic carbocycles. The molecule has 3 heteroatoms. The van der Waals surface area contributed by atoms with Crippen LogP contribution in [0.15, 0.2) is 24.3 Å². The number of nitriles is 1. The molecule has 1 rings (SSSR count). The van der Waals surface area contributed by atoms with E-state index >= 15 is 0 Å². The van der Waals surface area contributed by atoms with Gasteiger partial charge in [-0.25, -0.2) is 0 Å². The Kier molecular flexibility index (Phi) is 3.87. The molecule has 3 nitrogen and oxygen atoms in total. The third-order valence-corrected chi connectivity index (χ3v) is 2.24. The number of para-hydroxylation sites is 1. The molecule has 1 aromatic rings. The minimum atomic E-state index is -0.616. The Morgan fingerprint density at radius 2 is 2.20 bits per heavy atom. The maximum absolute atomic E-state index is 11.5. The zero-order chi connectivity index (χ0) is 11.3. The second kappa shape index (κ2) is 5.16. The number of carbonyl (C=O) groups excluding carboxylic acids is 1. The zero-order valence-corrected chi connectivity index (χ0v) is 8.95. The molecule has 78 valence electrons. The largest absolute Gasteiger partial charge is 0.325 e. The monoisotopic (exact) mass is 202 g/mol. The topological polar surface area (TPSA) is 52.9 Å². The summed E-state index contributed by atoms with van der Waals surface area (Å²) in [5.74, 6) is -0.867. The van der Waals surface area contributed by atoms with Gasteiger partial charge in [0.2, 0.25) is 5.91 Å². The Balaban J connectivity index is 2.81. The van der Waals surface area contributed by atoms with E-state index in [2.05, 4.69) is 5.32 Å². The van der Waals surface area contributed by atoms with Gasteiger partial charge in [0.05, 0.1) is 6.07 Å². The Bertz CT molecular complexity index is 393. The molecule has 0 aromatic heterocycles. The molecular weight excluding hydrogens is 188 g/mol. The van der Waals surface area contributed by atoms with Gasteiger partial charge in [0.15, 0.2) is 0 Å².